The van der Waals surface area contributed by atoms with E-state index in [1.54, 1.807) is 33.8 Å². The predicted octanol–water partition coefficient (Wildman–Crippen LogP) is 5.35. The molecule has 0 radical (unpaired) electrons. The first-order valence-corrected chi connectivity index (χ1v) is 14.3. The van der Waals surface area contributed by atoms with Gasteiger partial charge >= 0.3 is 0 Å². The number of fused-ring (bicyclic) bond motifs is 1. The number of nitrogens with zero attached hydrogens (tertiary/aromatic N) is 5. The van der Waals surface area contributed by atoms with Crippen LogP contribution in [-0.4, -0.2) is 44.7 Å². The van der Waals surface area contributed by atoms with Gasteiger partial charge in [0.15, 0.2) is 0 Å². The minimum Gasteiger partial charge on any atom is -0.360 e. The highest BCUT2D eigenvalue weighted by molar-refractivity contribution is 7.89. The van der Waals surface area contributed by atoms with Crippen LogP contribution >= 0.6 is 23.1 Å². The van der Waals surface area contributed by atoms with E-state index in [9.17, 15) is 8.42 Å². The van der Waals surface area contributed by atoms with E-state index >= 15 is 0 Å². The van der Waals surface area contributed by atoms with E-state index in [1.165, 1.54) is 0 Å². The Labute approximate surface area is 210 Å². The Morgan fingerprint density at radius 3 is 2.63 bits per heavy atom. The fourth-order valence-electron chi connectivity index (χ4n) is 4.53. The average molecular weight is 524 g/mol. The van der Waals surface area contributed by atoms with Gasteiger partial charge in [0.25, 0.3) is 0 Å². The van der Waals surface area contributed by atoms with Gasteiger partial charge in [0.1, 0.15) is 27.4 Å². The molecule has 1 fully saturated rings. The molecule has 0 amide bonds. The number of benzene rings is 2. The number of sulfonamides is 1. The van der Waals surface area contributed by atoms with Crippen LogP contribution in [0.3, 0.4) is 0 Å². The molecule has 8 nitrogen and oxygen atoms in total. The SMILES string of the molecule is Cc1onc(-c2ccccc2)c1-c1csc(C2CCN(S(=O)(=O)c3cccc4nsnc34)CC2)n1. The molecule has 4 heterocycles. The maximum Gasteiger partial charge on any atom is 0.245 e. The number of piperidine rings is 1. The molecule has 0 unspecified atom stereocenters. The molecule has 1 aliphatic rings. The normalized spacial score (nSPS) is 15.7. The molecule has 0 aliphatic carbocycles. The molecule has 5 aromatic rings. The molecule has 0 saturated carbocycles. The molecule has 0 atom stereocenters. The fraction of sp³-hybridized carbons (Fsp3) is 0.250. The van der Waals surface area contributed by atoms with Crippen LogP contribution in [0.4, 0.5) is 0 Å². The highest BCUT2D eigenvalue weighted by Crippen LogP contribution is 2.38. The lowest BCUT2D eigenvalue weighted by atomic mass is 9.99. The summed E-state index contributed by atoms with van der Waals surface area (Å²) in [6.45, 7) is 2.78. The van der Waals surface area contributed by atoms with Crippen LogP contribution in [0.15, 0.2) is 63.3 Å². The first-order chi connectivity index (χ1) is 17.0. The smallest absolute Gasteiger partial charge is 0.245 e. The van der Waals surface area contributed by atoms with Crippen LogP contribution in [0.1, 0.15) is 29.5 Å². The first kappa shape index (κ1) is 22.5. The predicted molar refractivity (Wildman–Crippen MR) is 136 cm³/mol. The summed E-state index contributed by atoms with van der Waals surface area (Å²) >= 11 is 2.64. The van der Waals surface area contributed by atoms with Crippen molar-refractivity contribution < 1.29 is 12.9 Å². The van der Waals surface area contributed by atoms with Crippen molar-refractivity contribution in [2.24, 2.45) is 0 Å². The van der Waals surface area contributed by atoms with E-state index in [1.807, 2.05) is 42.6 Å². The molecule has 35 heavy (non-hydrogen) atoms. The molecule has 6 rings (SSSR count). The third-order valence-corrected chi connectivity index (χ3v) is 9.84. The van der Waals surface area contributed by atoms with Crippen LogP contribution in [-0.2, 0) is 10.0 Å². The van der Waals surface area contributed by atoms with Crippen LogP contribution in [0.5, 0.6) is 0 Å². The number of thiazole rings is 1. The van der Waals surface area contributed by atoms with Crippen molar-refractivity contribution >= 4 is 44.1 Å². The van der Waals surface area contributed by atoms with Gasteiger partial charge in [0.05, 0.1) is 28.0 Å². The van der Waals surface area contributed by atoms with E-state index in [0.717, 1.165) is 45.0 Å². The van der Waals surface area contributed by atoms with Crippen LogP contribution in [0, 0.1) is 6.92 Å². The second-order valence-corrected chi connectivity index (χ2v) is 11.8. The molecule has 178 valence electrons. The molecule has 0 N–H and O–H groups in total. The van der Waals surface area contributed by atoms with Gasteiger partial charge in [0.2, 0.25) is 10.0 Å². The zero-order valence-corrected chi connectivity index (χ0v) is 21.2. The Kier molecular flexibility index (Phi) is 5.72. The van der Waals surface area contributed by atoms with Crippen molar-refractivity contribution in [3.05, 3.63) is 64.7 Å². The van der Waals surface area contributed by atoms with Crippen molar-refractivity contribution in [1.82, 2.24) is 23.2 Å². The third kappa shape index (κ3) is 3.98. The van der Waals surface area contributed by atoms with Gasteiger partial charge in [-0.05, 0) is 31.9 Å². The standard InChI is InChI=1S/C24H21N5O3S3/c1-15-21(22(26-32-15)16-6-3-2-4-7-16)19-14-33-24(25-19)17-10-12-29(13-11-17)35(30,31)20-9-5-8-18-23(20)28-34-27-18/h2-9,14,17H,10-13H2,1H3. The zero-order valence-electron chi connectivity index (χ0n) is 18.8. The van der Waals surface area contributed by atoms with Crippen LogP contribution in [0.25, 0.3) is 33.5 Å². The van der Waals surface area contributed by atoms with Crippen molar-refractivity contribution in [3.8, 4) is 22.5 Å². The lowest BCUT2D eigenvalue weighted by Crippen LogP contribution is -2.38. The Bertz CT molecular complexity index is 1600. The molecule has 1 saturated heterocycles. The lowest BCUT2D eigenvalue weighted by Gasteiger charge is -2.30. The second kappa shape index (κ2) is 8.90. The molecule has 0 spiro atoms. The molecular weight excluding hydrogens is 502 g/mol. The van der Waals surface area contributed by atoms with E-state index in [0.29, 0.717) is 37.0 Å². The highest BCUT2D eigenvalue weighted by Gasteiger charge is 2.33. The summed E-state index contributed by atoms with van der Waals surface area (Å²) in [5.74, 6) is 0.935. The number of rotatable bonds is 5. The lowest BCUT2D eigenvalue weighted by molar-refractivity contribution is 0.319. The molecular formula is C24H21N5O3S3. The van der Waals surface area contributed by atoms with E-state index in [4.69, 9.17) is 9.51 Å². The first-order valence-electron chi connectivity index (χ1n) is 11.2. The second-order valence-electron chi connectivity index (χ2n) is 8.47. The van der Waals surface area contributed by atoms with Crippen LogP contribution < -0.4 is 0 Å². The Balaban J connectivity index is 1.22. The summed E-state index contributed by atoms with van der Waals surface area (Å²) < 4.78 is 42.1. The monoisotopic (exact) mass is 523 g/mol. The largest absolute Gasteiger partial charge is 0.360 e. The summed E-state index contributed by atoms with van der Waals surface area (Å²) in [7, 11) is -3.64. The van der Waals surface area contributed by atoms with Crippen molar-refractivity contribution in [2.45, 2.75) is 30.6 Å². The maximum atomic E-state index is 13.3. The Hall–Kier alpha value is -2.99. The topological polar surface area (TPSA) is 102 Å². The van der Waals surface area contributed by atoms with Crippen LogP contribution in [0.2, 0.25) is 0 Å². The highest BCUT2D eigenvalue weighted by atomic mass is 32.2. The molecule has 1 aliphatic heterocycles. The van der Waals surface area contributed by atoms with Gasteiger partial charge in [-0.25, -0.2) is 13.4 Å². The summed E-state index contributed by atoms with van der Waals surface area (Å²) in [4.78, 5) is 5.17. The van der Waals surface area contributed by atoms with Crippen molar-refractivity contribution in [1.29, 1.82) is 0 Å². The van der Waals surface area contributed by atoms with Gasteiger partial charge in [-0.2, -0.15) is 13.1 Å². The van der Waals surface area contributed by atoms with E-state index < -0.39 is 10.0 Å². The van der Waals surface area contributed by atoms with E-state index in [-0.39, 0.29) is 10.8 Å². The number of hydrogen-bond donors (Lipinski definition) is 0. The number of aryl methyl sites for hydroxylation is 1. The minimum atomic E-state index is -3.64. The molecule has 2 aromatic carbocycles. The average Bonchev–Trinajstić information content (AvgIpc) is 3.64. The molecule has 3 aromatic heterocycles. The molecule has 11 heteroatoms. The van der Waals surface area contributed by atoms with Gasteiger partial charge < -0.3 is 4.52 Å². The zero-order chi connectivity index (χ0) is 24.0. The summed E-state index contributed by atoms with van der Waals surface area (Å²) in [6.07, 6.45) is 1.43. The summed E-state index contributed by atoms with van der Waals surface area (Å²) in [6, 6.07) is 15.0. The maximum absolute atomic E-state index is 13.3. The quantitative estimate of drug-likeness (QED) is 0.306. The van der Waals surface area contributed by atoms with E-state index in [2.05, 4.69) is 13.9 Å². The summed E-state index contributed by atoms with van der Waals surface area (Å²) in [5, 5.41) is 7.33. The minimum absolute atomic E-state index is 0.206. The Morgan fingerprint density at radius 1 is 1.03 bits per heavy atom. The number of aromatic nitrogens is 4. The van der Waals surface area contributed by atoms with Gasteiger partial charge in [-0.3, -0.25) is 0 Å². The molecule has 0 bridgehead atoms. The van der Waals surface area contributed by atoms with Gasteiger partial charge in [0, 0.05) is 30.0 Å². The fourth-order valence-corrected chi connectivity index (χ4v) is 7.73. The van der Waals surface area contributed by atoms with Gasteiger partial charge in [-0.15, -0.1) is 11.3 Å². The Morgan fingerprint density at radius 2 is 1.83 bits per heavy atom. The third-order valence-electron chi connectivity index (χ3n) is 6.36. The number of hydrogen-bond acceptors (Lipinski definition) is 9. The van der Waals surface area contributed by atoms with Crippen molar-refractivity contribution in [3.63, 3.8) is 0 Å². The van der Waals surface area contributed by atoms with Crippen molar-refractivity contribution in [2.75, 3.05) is 13.1 Å². The van der Waals surface area contributed by atoms with Gasteiger partial charge in [-0.1, -0.05) is 41.6 Å². The summed E-state index contributed by atoms with van der Waals surface area (Å²) in [5.41, 5.74) is 4.58.